The molecule has 0 aliphatic carbocycles. The molecule has 0 amide bonds. The van der Waals surface area contributed by atoms with Gasteiger partial charge in [0.2, 0.25) is 0 Å². The Morgan fingerprint density at radius 3 is 2.25 bits per heavy atom. The maximum Gasteiger partial charge on any atom is 0.306 e. The number of rotatable bonds is 4. The van der Waals surface area contributed by atoms with Gasteiger partial charge in [-0.1, -0.05) is 54.6 Å². The van der Waals surface area contributed by atoms with Gasteiger partial charge in [-0.15, -0.1) is 0 Å². The van der Waals surface area contributed by atoms with Crippen molar-refractivity contribution < 1.29 is 17.9 Å². The first kappa shape index (κ1) is 16.5. The Bertz CT molecular complexity index is 826. The first-order chi connectivity index (χ1) is 11.6. The minimum Gasteiger partial charge on any atom is -0.457 e. The highest BCUT2D eigenvalue weighted by Gasteiger charge is 2.39. The summed E-state index contributed by atoms with van der Waals surface area (Å²) in [7, 11) is -3.57. The third kappa shape index (κ3) is 3.57. The number of carbonyl (C=O) groups is 1. The van der Waals surface area contributed by atoms with Crippen LogP contribution in [-0.4, -0.2) is 25.7 Å². The van der Waals surface area contributed by atoms with Crippen molar-refractivity contribution in [3.05, 3.63) is 72.3 Å². The lowest BCUT2D eigenvalue weighted by atomic mass is 10.1. The summed E-state index contributed by atoms with van der Waals surface area (Å²) in [6.07, 6.45) is 3.05. The smallest absolute Gasteiger partial charge is 0.306 e. The predicted octanol–water partition coefficient (Wildman–Crippen LogP) is 3.25. The summed E-state index contributed by atoms with van der Waals surface area (Å²) in [4.78, 5) is 11.9. The Morgan fingerprint density at radius 2 is 1.58 bits per heavy atom. The van der Waals surface area contributed by atoms with Gasteiger partial charge < -0.3 is 4.74 Å². The number of esters is 1. The standard InChI is InChI=1S/C19H18O4S/c20-19-14-13-18(24(21,22)16-9-5-2-6-10-16)17(23-19)12-11-15-7-3-1-4-8-15/h1-12,17-18H,13-14H2/t17-,18+/m0/s1. The summed E-state index contributed by atoms with van der Waals surface area (Å²) >= 11 is 0. The van der Waals surface area contributed by atoms with E-state index in [2.05, 4.69) is 0 Å². The van der Waals surface area contributed by atoms with Crippen molar-refractivity contribution in [1.82, 2.24) is 0 Å². The molecule has 1 fully saturated rings. The minimum atomic E-state index is -3.57. The molecule has 2 atom stereocenters. The van der Waals surface area contributed by atoms with E-state index in [-0.39, 0.29) is 23.7 Å². The highest BCUT2D eigenvalue weighted by molar-refractivity contribution is 7.92. The monoisotopic (exact) mass is 342 g/mol. The average Bonchev–Trinajstić information content (AvgIpc) is 2.61. The van der Waals surface area contributed by atoms with Crippen LogP contribution in [-0.2, 0) is 19.4 Å². The molecule has 1 aliphatic heterocycles. The van der Waals surface area contributed by atoms with Crippen LogP contribution < -0.4 is 0 Å². The van der Waals surface area contributed by atoms with Crippen molar-refractivity contribution in [3.8, 4) is 0 Å². The number of hydrogen-bond donors (Lipinski definition) is 0. The molecule has 1 heterocycles. The molecule has 5 heteroatoms. The number of sulfone groups is 1. The van der Waals surface area contributed by atoms with Gasteiger partial charge in [-0.25, -0.2) is 8.42 Å². The highest BCUT2D eigenvalue weighted by atomic mass is 32.2. The van der Waals surface area contributed by atoms with Crippen molar-refractivity contribution in [3.63, 3.8) is 0 Å². The lowest BCUT2D eigenvalue weighted by molar-refractivity contribution is -0.150. The van der Waals surface area contributed by atoms with Crippen molar-refractivity contribution in [1.29, 1.82) is 0 Å². The van der Waals surface area contributed by atoms with E-state index in [4.69, 9.17) is 4.74 Å². The fourth-order valence-corrected chi connectivity index (χ4v) is 4.57. The molecular formula is C19H18O4S. The average molecular weight is 342 g/mol. The Hall–Kier alpha value is -2.40. The van der Waals surface area contributed by atoms with Gasteiger partial charge in [0.25, 0.3) is 0 Å². The van der Waals surface area contributed by atoms with Crippen molar-refractivity contribution in [2.75, 3.05) is 0 Å². The Morgan fingerprint density at radius 1 is 0.958 bits per heavy atom. The van der Waals surface area contributed by atoms with Gasteiger partial charge in [-0.2, -0.15) is 0 Å². The maximum absolute atomic E-state index is 12.9. The molecular weight excluding hydrogens is 324 g/mol. The first-order valence-corrected chi connectivity index (χ1v) is 9.34. The van der Waals surface area contributed by atoms with E-state index < -0.39 is 21.2 Å². The zero-order valence-corrected chi connectivity index (χ0v) is 13.9. The number of benzene rings is 2. The topological polar surface area (TPSA) is 60.4 Å². The second-order valence-electron chi connectivity index (χ2n) is 5.66. The van der Waals surface area contributed by atoms with E-state index in [1.54, 1.807) is 42.5 Å². The SMILES string of the molecule is O=C1CC[C@@H](S(=O)(=O)c2ccccc2)[C@H](C=Cc2ccccc2)O1. The van der Waals surface area contributed by atoms with Gasteiger partial charge in [0.1, 0.15) is 11.4 Å². The van der Waals surface area contributed by atoms with E-state index in [0.717, 1.165) is 5.56 Å². The molecule has 0 N–H and O–H groups in total. The lowest BCUT2D eigenvalue weighted by Crippen LogP contribution is -2.40. The van der Waals surface area contributed by atoms with Crippen LogP contribution in [0.2, 0.25) is 0 Å². The molecule has 0 unspecified atom stereocenters. The molecule has 24 heavy (non-hydrogen) atoms. The van der Waals surface area contributed by atoms with Crippen molar-refractivity contribution in [2.45, 2.75) is 29.1 Å². The normalized spacial score (nSPS) is 21.6. The third-order valence-corrected chi connectivity index (χ3v) is 6.25. The second-order valence-corrected chi connectivity index (χ2v) is 7.83. The van der Waals surface area contributed by atoms with Crippen molar-refractivity contribution in [2.24, 2.45) is 0 Å². The van der Waals surface area contributed by atoms with Gasteiger partial charge in [0, 0.05) is 6.42 Å². The van der Waals surface area contributed by atoms with Gasteiger partial charge >= 0.3 is 5.97 Å². The molecule has 2 aromatic rings. The Labute approximate surface area is 141 Å². The molecule has 3 rings (SSSR count). The quantitative estimate of drug-likeness (QED) is 0.800. The molecule has 0 radical (unpaired) electrons. The number of hydrogen-bond acceptors (Lipinski definition) is 4. The molecule has 0 spiro atoms. The molecule has 0 bridgehead atoms. The van der Waals surface area contributed by atoms with Crippen LogP contribution in [0, 0.1) is 0 Å². The van der Waals surface area contributed by atoms with Crippen molar-refractivity contribution >= 4 is 21.9 Å². The van der Waals surface area contributed by atoms with Crippen LogP contribution in [0.15, 0.2) is 71.6 Å². The van der Waals surface area contributed by atoms with E-state index >= 15 is 0 Å². The fraction of sp³-hybridized carbons (Fsp3) is 0.211. The molecule has 1 aliphatic rings. The van der Waals surface area contributed by atoms with Gasteiger partial charge in [-0.05, 0) is 30.2 Å². The van der Waals surface area contributed by atoms with Crippen LogP contribution in [0.5, 0.6) is 0 Å². The second kappa shape index (κ2) is 7.01. The zero-order chi connectivity index (χ0) is 17.0. The van der Waals surface area contributed by atoms with E-state index in [9.17, 15) is 13.2 Å². The van der Waals surface area contributed by atoms with Gasteiger partial charge in [0.15, 0.2) is 9.84 Å². The third-order valence-electron chi connectivity index (χ3n) is 4.02. The van der Waals surface area contributed by atoms with Crippen LogP contribution >= 0.6 is 0 Å². The predicted molar refractivity (Wildman–Crippen MR) is 92.0 cm³/mol. The van der Waals surface area contributed by atoms with Gasteiger partial charge in [-0.3, -0.25) is 4.79 Å². The Balaban J connectivity index is 1.90. The molecule has 2 aromatic carbocycles. The summed E-state index contributed by atoms with van der Waals surface area (Å²) < 4.78 is 31.1. The molecule has 1 saturated heterocycles. The molecule has 4 nitrogen and oxygen atoms in total. The largest absolute Gasteiger partial charge is 0.457 e. The lowest BCUT2D eigenvalue weighted by Gasteiger charge is -2.29. The number of ether oxygens (including phenoxy) is 1. The summed E-state index contributed by atoms with van der Waals surface area (Å²) in [5, 5.41) is -0.766. The zero-order valence-electron chi connectivity index (χ0n) is 13.0. The van der Waals surface area contributed by atoms with E-state index in [1.165, 1.54) is 0 Å². The van der Waals surface area contributed by atoms with Crippen LogP contribution in [0.25, 0.3) is 6.08 Å². The maximum atomic E-state index is 12.9. The number of cyclic esters (lactones) is 1. The molecule has 0 saturated carbocycles. The fourth-order valence-electron chi connectivity index (χ4n) is 2.76. The first-order valence-electron chi connectivity index (χ1n) is 7.79. The summed E-state index contributed by atoms with van der Waals surface area (Å²) in [6.45, 7) is 0. The van der Waals surface area contributed by atoms with Gasteiger partial charge in [0.05, 0.1) is 4.90 Å². The van der Waals surface area contributed by atoms with E-state index in [1.807, 2.05) is 30.3 Å². The van der Waals surface area contributed by atoms with Crippen LogP contribution in [0.3, 0.4) is 0 Å². The molecule has 0 aromatic heterocycles. The Kier molecular flexibility index (Phi) is 4.81. The van der Waals surface area contributed by atoms with E-state index in [0.29, 0.717) is 0 Å². The highest BCUT2D eigenvalue weighted by Crippen LogP contribution is 2.28. The molecule has 124 valence electrons. The summed E-state index contributed by atoms with van der Waals surface area (Å²) in [5.74, 6) is -0.364. The summed E-state index contributed by atoms with van der Waals surface area (Å²) in [6, 6.07) is 17.8. The van der Waals surface area contributed by atoms with Crippen LogP contribution in [0.4, 0.5) is 0 Å². The minimum absolute atomic E-state index is 0.117. The summed E-state index contributed by atoms with van der Waals surface area (Å²) in [5.41, 5.74) is 0.926. The number of carbonyl (C=O) groups excluding carboxylic acids is 1. The van der Waals surface area contributed by atoms with Crippen LogP contribution in [0.1, 0.15) is 18.4 Å².